The summed E-state index contributed by atoms with van der Waals surface area (Å²) in [7, 11) is 2.07. The predicted molar refractivity (Wildman–Crippen MR) is 83.4 cm³/mol. The normalized spacial score (nSPS) is 23.0. The molecule has 1 amide bonds. The van der Waals surface area contributed by atoms with E-state index in [-0.39, 0.29) is 11.2 Å². The predicted octanol–water partition coefficient (Wildman–Crippen LogP) is 1.18. The Balaban J connectivity index is 1.71. The number of rotatable bonds is 2. The van der Waals surface area contributed by atoms with Crippen LogP contribution in [-0.2, 0) is 9.53 Å². The molecule has 0 bridgehead atoms. The Kier molecular flexibility index (Phi) is 4.66. The molecule has 1 aromatic rings. The lowest BCUT2D eigenvalue weighted by Crippen LogP contribution is -2.58. The summed E-state index contributed by atoms with van der Waals surface area (Å²) in [5.41, 5.74) is -0.295. The van der Waals surface area contributed by atoms with Crippen molar-refractivity contribution in [3.05, 3.63) is 35.6 Å². The zero-order valence-corrected chi connectivity index (χ0v) is 13.4. The van der Waals surface area contributed by atoms with E-state index >= 15 is 0 Å². The van der Waals surface area contributed by atoms with Gasteiger partial charge in [0.1, 0.15) is 5.82 Å². The van der Waals surface area contributed by atoms with Crippen LogP contribution < -0.4 is 0 Å². The molecule has 1 aromatic carbocycles. The molecule has 2 fully saturated rings. The van der Waals surface area contributed by atoms with Crippen LogP contribution in [0.4, 0.5) is 4.39 Å². The fraction of sp³-hybridized carbons (Fsp3) is 0.588. The van der Waals surface area contributed by atoms with Crippen molar-refractivity contribution in [3.63, 3.8) is 0 Å². The zero-order chi connectivity index (χ0) is 16.4. The van der Waals surface area contributed by atoms with Gasteiger partial charge in [-0.25, -0.2) is 4.39 Å². The van der Waals surface area contributed by atoms with Crippen LogP contribution >= 0.6 is 0 Å². The number of hydrogen-bond acceptors (Lipinski definition) is 4. The molecule has 3 rings (SSSR count). The molecule has 1 spiro atoms. The molecule has 0 radical (unpaired) electrons. The molecule has 1 N–H and O–H groups in total. The molecule has 2 aliphatic rings. The maximum absolute atomic E-state index is 13.8. The first-order chi connectivity index (χ1) is 11.0. The van der Waals surface area contributed by atoms with E-state index < -0.39 is 17.8 Å². The summed E-state index contributed by atoms with van der Waals surface area (Å²) in [6.07, 6.45) is 0.268. The number of ether oxygens (including phenoxy) is 1. The summed E-state index contributed by atoms with van der Waals surface area (Å²) in [6.45, 7) is 3.21. The minimum Gasteiger partial charge on any atom is -0.378 e. The second-order valence-corrected chi connectivity index (χ2v) is 6.52. The number of morpholine rings is 1. The number of piperidine rings is 1. The van der Waals surface area contributed by atoms with E-state index in [2.05, 4.69) is 11.9 Å². The van der Waals surface area contributed by atoms with Gasteiger partial charge in [0.2, 0.25) is 0 Å². The van der Waals surface area contributed by atoms with Crippen LogP contribution in [0.2, 0.25) is 0 Å². The number of nitrogens with zero attached hydrogens (tertiary/aromatic N) is 2. The van der Waals surface area contributed by atoms with Crippen molar-refractivity contribution in [2.75, 3.05) is 39.8 Å². The van der Waals surface area contributed by atoms with Crippen molar-refractivity contribution in [3.8, 4) is 0 Å². The summed E-state index contributed by atoms with van der Waals surface area (Å²) in [5, 5.41) is 10.3. The molecule has 23 heavy (non-hydrogen) atoms. The summed E-state index contributed by atoms with van der Waals surface area (Å²) < 4.78 is 19.8. The monoisotopic (exact) mass is 322 g/mol. The lowest BCUT2D eigenvalue weighted by atomic mass is 9.89. The second kappa shape index (κ2) is 6.55. The van der Waals surface area contributed by atoms with E-state index in [1.54, 1.807) is 11.0 Å². The van der Waals surface area contributed by atoms with Crippen LogP contribution in [0.5, 0.6) is 0 Å². The van der Waals surface area contributed by atoms with Gasteiger partial charge in [0.15, 0.2) is 6.10 Å². The van der Waals surface area contributed by atoms with Gasteiger partial charge in [-0.05, 0) is 26.0 Å². The Labute approximate surface area is 135 Å². The van der Waals surface area contributed by atoms with Gasteiger partial charge in [0, 0.05) is 31.7 Å². The maximum atomic E-state index is 13.8. The third kappa shape index (κ3) is 3.39. The van der Waals surface area contributed by atoms with E-state index in [0.717, 1.165) is 25.9 Å². The van der Waals surface area contributed by atoms with Gasteiger partial charge in [0.05, 0.1) is 12.2 Å². The van der Waals surface area contributed by atoms with E-state index in [4.69, 9.17) is 4.74 Å². The molecule has 1 atom stereocenters. The van der Waals surface area contributed by atoms with Crippen molar-refractivity contribution >= 4 is 5.91 Å². The van der Waals surface area contributed by atoms with Gasteiger partial charge in [-0.15, -0.1) is 0 Å². The summed E-state index contributed by atoms with van der Waals surface area (Å²) >= 11 is 0. The molecule has 0 aliphatic carbocycles. The van der Waals surface area contributed by atoms with E-state index in [0.29, 0.717) is 19.7 Å². The number of likely N-dealkylation sites (tertiary alicyclic amines) is 1. The summed E-state index contributed by atoms with van der Waals surface area (Å²) in [4.78, 5) is 16.4. The largest absolute Gasteiger partial charge is 0.378 e. The average molecular weight is 322 g/mol. The number of aliphatic hydroxyl groups excluding tert-OH is 1. The van der Waals surface area contributed by atoms with Crippen LogP contribution in [0, 0.1) is 5.82 Å². The molecule has 1 unspecified atom stereocenters. The average Bonchev–Trinajstić information content (AvgIpc) is 2.57. The molecule has 126 valence electrons. The lowest BCUT2D eigenvalue weighted by molar-refractivity contribution is -0.165. The molecule has 0 saturated carbocycles. The van der Waals surface area contributed by atoms with E-state index in [9.17, 15) is 14.3 Å². The Morgan fingerprint density at radius 3 is 2.70 bits per heavy atom. The number of amides is 1. The van der Waals surface area contributed by atoms with E-state index in [1.807, 2.05) is 0 Å². The Morgan fingerprint density at radius 2 is 2.00 bits per heavy atom. The quantitative estimate of drug-likeness (QED) is 0.888. The van der Waals surface area contributed by atoms with Crippen LogP contribution in [-0.4, -0.2) is 66.2 Å². The van der Waals surface area contributed by atoms with Gasteiger partial charge in [-0.2, -0.15) is 0 Å². The Hall–Kier alpha value is -1.50. The Morgan fingerprint density at radius 1 is 1.30 bits per heavy atom. The number of benzene rings is 1. The fourth-order valence-corrected chi connectivity index (χ4v) is 3.36. The molecular formula is C17H23FN2O3. The van der Waals surface area contributed by atoms with Gasteiger partial charge in [-0.1, -0.05) is 18.2 Å². The van der Waals surface area contributed by atoms with Gasteiger partial charge >= 0.3 is 0 Å². The standard InChI is InChI=1S/C17H23FN2O3/c1-19-8-6-17(7-9-19)12-20(10-11-23-17)16(22)15(21)13-4-2-3-5-14(13)18/h2-5,15,21H,6-12H2,1H3. The highest BCUT2D eigenvalue weighted by Crippen LogP contribution is 2.31. The smallest absolute Gasteiger partial charge is 0.256 e. The molecule has 6 heteroatoms. The van der Waals surface area contributed by atoms with Crippen LogP contribution in [0.1, 0.15) is 24.5 Å². The number of carbonyl (C=O) groups is 1. The number of halogens is 1. The first-order valence-electron chi connectivity index (χ1n) is 8.05. The van der Waals surface area contributed by atoms with Crippen molar-refractivity contribution in [2.24, 2.45) is 0 Å². The highest BCUT2D eigenvalue weighted by atomic mass is 19.1. The van der Waals surface area contributed by atoms with Crippen LogP contribution in [0.25, 0.3) is 0 Å². The zero-order valence-electron chi connectivity index (χ0n) is 13.4. The SMILES string of the molecule is CN1CCC2(CC1)CN(C(=O)C(O)c1ccccc1F)CCO2. The molecule has 2 aliphatic heterocycles. The lowest BCUT2D eigenvalue weighted by Gasteiger charge is -2.47. The first kappa shape index (κ1) is 16.4. The van der Waals surface area contributed by atoms with Gasteiger partial charge in [-0.3, -0.25) is 4.79 Å². The first-order valence-corrected chi connectivity index (χ1v) is 8.05. The molecule has 2 heterocycles. The van der Waals surface area contributed by atoms with Gasteiger partial charge < -0.3 is 19.6 Å². The second-order valence-electron chi connectivity index (χ2n) is 6.52. The minimum atomic E-state index is -1.46. The maximum Gasteiger partial charge on any atom is 0.256 e. The molecular weight excluding hydrogens is 299 g/mol. The number of carbonyl (C=O) groups excluding carboxylic acids is 1. The topological polar surface area (TPSA) is 53.0 Å². The molecule has 5 nitrogen and oxygen atoms in total. The van der Waals surface area contributed by atoms with Crippen molar-refractivity contribution < 1.29 is 19.0 Å². The number of aliphatic hydroxyl groups is 1. The van der Waals surface area contributed by atoms with Crippen LogP contribution in [0.15, 0.2) is 24.3 Å². The highest BCUT2D eigenvalue weighted by Gasteiger charge is 2.41. The van der Waals surface area contributed by atoms with Crippen molar-refractivity contribution in [2.45, 2.75) is 24.5 Å². The Bertz CT molecular complexity index is 573. The van der Waals surface area contributed by atoms with Gasteiger partial charge in [0.25, 0.3) is 5.91 Å². The minimum absolute atomic E-state index is 0.0291. The summed E-state index contributed by atoms with van der Waals surface area (Å²) in [6, 6.07) is 5.86. The van der Waals surface area contributed by atoms with Crippen molar-refractivity contribution in [1.29, 1.82) is 0 Å². The third-order valence-electron chi connectivity index (χ3n) is 4.89. The van der Waals surface area contributed by atoms with Crippen LogP contribution in [0.3, 0.4) is 0 Å². The molecule has 2 saturated heterocycles. The number of hydrogen-bond donors (Lipinski definition) is 1. The highest BCUT2D eigenvalue weighted by molar-refractivity contribution is 5.82. The fourth-order valence-electron chi connectivity index (χ4n) is 3.36. The molecule has 0 aromatic heterocycles. The van der Waals surface area contributed by atoms with E-state index in [1.165, 1.54) is 18.2 Å². The summed E-state index contributed by atoms with van der Waals surface area (Å²) in [5.74, 6) is -1.01. The van der Waals surface area contributed by atoms with Crippen molar-refractivity contribution in [1.82, 2.24) is 9.80 Å². The third-order valence-corrected chi connectivity index (χ3v) is 4.89.